The average molecular weight is 423 g/mol. The van der Waals surface area contributed by atoms with Gasteiger partial charge in [-0.1, -0.05) is 50.7 Å². The predicted octanol–water partition coefficient (Wildman–Crippen LogP) is 5.36. The van der Waals surface area contributed by atoms with E-state index in [4.69, 9.17) is 39.9 Å². The quantitative estimate of drug-likeness (QED) is 0.698. The number of benzene rings is 2. The van der Waals surface area contributed by atoms with Gasteiger partial charge in [0.2, 0.25) is 0 Å². The molecular formula is C14H7BrCl3NO3. The summed E-state index contributed by atoms with van der Waals surface area (Å²) in [5.74, 6) is -1.75. The smallest absolute Gasteiger partial charge is 0.337 e. The maximum absolute atomic E-state index is 12.2. The second-order valence-corrected chi connectivity index (χ2v) is 6.33. The van der Waals surface area contributed by atoms with E-state index in [1.807, 2.05) is 0 Å². The Bertz CT molecular complexity index is 780. The summed E-state index contributed by atoms with van der Waals surface area (Å²) in [4.78, 5) is 23.3. The molecule has 0 aliphatic rings. The first-order chi connectivity index (χ1) is 10.3. The molecule has 0 aliphatic carbocycles. The molecule has 8 heteroatoms. The summed E-state index contributed by atoms with van der Waals surface area (Å²) in [6, 6.07) is 7.24. The Hall–Kier alpha value is -1.27. The Kier molecular flexibility index (Phi) is 5.34. The van der Waals surface area contributed by atoms with Gasteiger partial charge in [-0.3, -0.25) is 4.79 Å². The maximum Gasteiger partial charge on any atom is 0.337 e. The van der Waals surface area contributed by atoms with Crippen LogP contribution in [-0.2, 0) is 0 Å². The lowest BCUT2D eigenvalue weighted by Gasteiger charge is -2.10. The van der Waals surface area contributed by atoms with Crippen LogP contribution in [0, 0.1) is 0 Å². The molecule has 0 fully saturated rings. The largest absolute Gasteiger partial charge is 0.478 e. The summed E-state index contributed by atoms with van der Waals surface area (Å²) in [7, 11) is 0. The lowest BCUT2D eigenvalue weighted by Crippen LogP contribution is -2.13. The van der Waals surface area contributed by atoms with Gasteiger partial charge in [-0.2, -0.15) is 0 Å². The third-order valence-electron chi connectivity index (χ3n) is 2.71. The van der Waals surface area contributed by atoms with Crippen LogP contribution in [0.5, 0.6) is 0 Å². The highest BCUT2D eigenvalue weighted by Crippen LogP contribution is 2.30. The molecule has 1 amide bonds. The van der Waals surface area contributed by atoms with Crippen molar-refractivity contribution in [1.82, 2.24) is 0 Å². The van der Waals surface area contributed by atoms with Crippen LogP contribution < -0.4 is 5.32 Å². The molecule has 0 aromatic heterocycles. The van der Waals surface area contributed by atoms with Gasteiger partial charge in [-0.15, -0.1) is 0 Å². The van der Waals surface area contributed by atoms with Crippen LogP contribution >= 0.6 is 50.7 Å². The van der Waals surface area contributed by atoms with Crippen molar-refractivity contribution in [1.29, 1.82) is 0 Å². The first-order valence-electron chi connectivity index (χ1n) is 5.78. The van der Waals surface area contributed by atoms with Gasteiger partial charge in [0.15, 0.2) is 0 Å². The van der Waals surface area contributed by atoms with Crippen molar-refractivity contribution < 1.29 is 14.7 Å². The number of carboxylic acid groups (broad SMARTS) is 1. The van der Waals surface area contributed by atoms with Crippen LogP contribution in [0.4, 0.5) is 5.69 Å². The second-order valence-electron chi connectivity index (χ2n) is 4.20. The SMILES string of the molecule is O=C(O)c1cc(NC(=O)c2cc(Br)ccc2Cl)c(Cl)cc1Cl. The van der Waals surface area contributed by atoms with Gasteiger partial charge in [0.25, 0.3) is 5.91 Å². The van der Waals surface area contributed by atoms with E-state index in [-0.39, 0.29) is 31.9 Å². The number of amides is 1. The van der Waals surface area contributed by atoms with Crippen molar-refractivity contribution in [2.75, 3.05) is 5.32 Å². The zero-order valence-electron chi connectivity index (χ0n) is 10.7. The highest BCUT2D eigenvalue weighted by molar-refractivity contribution is 9.10. The minimum Gasteiger partial charge on any atom is -0.478 e. The Balaban J connectivity index is 2.38. The van der Waals surface area contributed by atoms with Gasteiger partial charge >= 0.3 is 5.97 Å². The van der Waals surface area contributed by atoms with Gasteiger partial charge < -0.3 is 10.4 Å². The van der Waals surface area contributed by atoms with Crippen molar-refractivity contribution in [2.45, 2.75) is 0 Å². The fraction of sp³-hybridized carbons (Fsp3) is 0. The van der Waals surface area contributed by atoms with Gasteiger partial charge in [0.1, 0.15) is 0 Å². The molecule has 0 radical (unpaired) electrons. The van der Waals surface area contributed by atoms with Crippen LogP contribution in [0.2, 0.25) is 15.1 Å². The van der Waals surface area contributed by atoms with Crippen molar-refractivity contribution in [2.24, 2.45) is 0 Å². The average Bonchev–Trinajstić information content (AvgIpc) is 2.43. The number of carbonyl (C=O) groups excluding carboxylic acids is 1. The molecule has 0 spiro atoms. The molecule has 2 aromatic carbocycles. The lowest BCUT2D eigenvalue weighted by atomic mass is 10.1. The molecule has 22 heavy (non-hydrogen) atoms. The number of anilines is 1. The van der Waals surface area contributed by atoms with Crippen LogP contribution in [0.25, 0.3) is 0 Å². The van der Waals surface area contributed by atoms with E-state index < -0.39 is 11.9 Å². The van der Waals surface area contributed by atoms with E-state index in [1.165, 1.54) is 12.1 Å². The number of nitrogens with one attached hydrogen (secondary N) is 1. The van der Waals surface area contributed by atoms with Crippen molar-refractivity contribution >= 4 is 68.3 Å². The number of hydrogen-bond donors (Lipinski definition) is 2. The fourth-order valence-electron chi connectivity index (χ4n) is 1.67. The molecule has 2 rings (SSSR count). The molecule has 0 saturated carbocycles. The molecule has 0 unspecified atom stereocenters. The summed E-state index contributed by atoms with van der Waals surface area (Å²) in [5, 5.41) is 11.9. The molecule has 0 atom stereocenters. The van der Waals surface area contributed by atoms with E-state index in [0.717, 1.165) is 0 Å². The topological polar surface area (TPSA) is 66.4 Å². The van der Waals surface area contributed by atoms with E-state index in [9.17, 15) is 9.59 Å². The monoisotopic (exact) mass is 421 g/mol. The van der Waals surface area contributed by atoms with Gasteiger partial charge in [0, 0.05) is 4.47 Å². The summed E-state index contributed by atoms with van der Waals surface area (Å²) in [6.45, 7) is 0. The first kappa shape index (κ1) is 17.1. The van der Waals surface area contributed by atoms with Gasteiger partial charge in [-0.25, -0.2) is 4.79 Å². The molecule has 2 aromatic rings. The number of carbonyl (C=O) groups is 2. The number of halogens is 4. The summed E-state index contributed by atoms with van der Waals surface area (Å²) in [5.41, 5.74) is 0.185. The summed E-state index contributed by atoms with van der Waals surface area (Å²) >= 11 is 21.0. The fourth-order valence-corrected chi connectivity index (χ4v) is 2.75. The first-order valence-corrected chi connectivity index (χ1v) is 7.71. The van der Waals surface area contributed by atoms with Crippen LogP contribution in [0.3, 0.4) is 0 Å². The van der Waals surface area contributed by atoms with E-state index in [1.54, 1.807) is 18.2 Å². The minimum absolute atomic E-state index is 0.0176. The third-order valence-corrected chi connectivity index (χ3v) is 4.16. The van der Waals surface area contributed by atoms with Gasteiger partial charge in [0.05, 0.1) is 31.9 Å². The normalized spacial score (nSPS) is 10.4. The predicted molar refractivity (Wildman–Crippen MR) is 90.5 cm³/mol. The number of aromatic carboxylic acids is 1. The molecule has 0 bridgehead atoms. The molecule has 2 N–H and O–H groups in total. The zero-order chi connectivity index (χ0) is 16.4. The highest BCUT2D eigenvalue weighted by atomic mass is 79.9. The Labute approximate surface area is 149 Å². The summed E-state index contributed by atoms with van der Waals surface area (Å²) in [6.07, 6.45) is 0. The number of rotatable bonds is 3. The van der Waals surface area contributed by atoms with Crippen LogP contribution in [-0.4, -0.2) is 17.0 Å². The van der Waals surface area contributed by atoms with Crippen molar-refractivity contribution in [3.63, 3.8) is 0 Å². The van der Waals surface area contributed by atoms with Crippen LogP contribution in [0.1, 0.15) is 20.7 Å². The Morgan fingerprint density at radius 2 is 1.64 bits per heavy atom. The van der Waals surface area contributed by atoms with E-state index in [0.29, 0.717) is 4.47 Å². The van der Waals surface area contributed by atoms with E-state index in [2.05, 4.69) is 21.2 Å². The number of carboxylic acids is 1. The maximum atomic E-state index is 12.2. The van der Waals surface area contributed by atoms with Crippen LogP contribution in [0.15, 0.2) is 34.8 Å². The molecule has 114 valence electrons. The zero-order valence-corrected chi connectivity index (χ0v) is 14.5. The highest BCUT2D eigenvalue weighted by Gasteiger charge is 2.17. The lowest BCUT2D eigenvalue weighted by molar-refractivity contribution is 0.0696. The minimum atomic E-state index is -1.22. The molecule has 0 heterocycles. The Morgan fingerprint density at radius 1 is 0.955 bits per heavy atom. The van der Waals surface area contributed by atoms with Crippen molar-refractivity contribution in [3.8, 4) is 0 Å². The number of hydrogen-bond acceptors (Lipinski definition) is 2. The van der Waals surface area contributed by atoms with Gasteiger partial charge in [-0.05, 0) is 30.3 Å². The third kappa shape index (κ3) is 3.73. The molecule has 0 saturated heterocycles. The second kappa shape index (κ2) is 6.87. The molecular weight excluding hydrogens is 416 g/mol. The summed E-state index contributed by atoms with van der Waals surface area (Å²) < 4.78 is 0.676. The molecule has 4 nitrogen and oxygen atoms in total. The van der Waals surface area contributed by atoms with Crippen molar-refractivity contribution in [3.05, 3.63) is 61.0 Å². The Morgan fingerprint density at radius 3 is 2.27 bits per heavy atom. The standard InChI is InChI=1S/C14H7BrCl3NO3/c15-6-1-2-9(16)7(3-6)13(20)19-12-4-8(14(21)22)10(17)5-11(12)18/h1-5H,(H,19,20)(H,21,22). The van der Waals surface area contributed by atoms with E-state index >= 15 is 0 Å². The molecule has 0 aliphatic heterocycles.